The number of hydrogen-bond acceptors (Lipinski definition) is 5. The van der Waals surface area contributed by atoms with Crippen molar-refractivity contribution in [3.05, 3.63) is 42.0 Å². The first-order chi connectivity index (χ1) is 9.70. The fourth-order valence-corrected chi connectivity index (χ4v) is 2.40. The number of hydrogen-bond donors (Lipinski definition) is 2. The fourth-order valence-electron chi connectivity index (χ4n) is 1.52. The molecule has 0 bridgehead atoms. The topological polar surface area (TPSA) is 85.5 Å². The fraction of sp³-hybridized carbons (Fsp3) is 0.0714. The standard InChI is InChI=1S/C14H11N3O2S/c15-7-6-13(18)17-16-9-11-8-12(20-14(11)19)10-4-2-1-3-5-10/h1-5,8-9,19H,6H2,(H,17,18). The molecule has 0 saturated carbocycles. The van der Waals surface area contributed by atoms with Crippen LogP contribution in [-0.2, 0) is 4.79 Å². The number of carbonyl (C=O) groups excluding carboxylic acids is 1. The summed E-state index contributed by atoms with van der Waals surface area (Å²) in [5.41, 5.74) is 3.73. The number of aromatic hydroxyl groups is 1. The lowest BCUT2D eigenvalue weighted by Gasteiger charge is -1.93. The Morgan fingerprint density at radius 3 is 2.90 bits per heavy atom. The van der Waals surface area contributed by atoms with Crippen LogP contribution in [-0.4, -0.2) is 17.2 Å². The van der Waals surface area contributed by atoms with Crippen molar-refractivity contribution in [2.75, 3.05) is 0 Å². The highest BCUT2D eigenvalue weighted by Gasteiger charge is 2.07. The maximum Gasteiger partial charge on any atom is 0.254 e. The molecule has 5 nitrogen and oxygen atoms in total. The third kappa shape index (κ3) is 3.43. The third-order valence-electron chi connectivity index (χ3n) is 2.43. The largest absolute Gasteiger partial charge is 0.499 e. The van der Waals surface area contributed by atoms with Crippen LogP contribution in [0.5, 0.6) is 5.06 Å². The van der Waals surface area contributed by atoms with Gasteiger partial charge in [0.1, 0.15) is 6.42 Å². The zero-order valence-corrected chi connectivity index (χ0v) is 11.2. The van der Waals surface area contributed by atoms with Crippen molar-refractivity contribution in [3.63, 3.8) is 0 Å². The Balaban J connectivity index is 2.11. The molecule has 0 spiro atoms. The van der Waals surface area contributed by atoms with E-state index in [0.29, 0.717) is 5.56 Å². The summed E-state index contributed by atoms with van der Waals surface area (Å²) in [5, 5.41) is 22.0. The van der Waals surface area contributed by atoms with Crippen LogP contribution in [0.3, 0.4) is 0 Å². The molecule has 0 aliphatic carbocycles. The van der Waals surface area contributed by atoms with Gasteiger partial charge in [-0.05, 0) is 11.6 Å². The molecule has 2 aromatic rings. The lowest BCUT2D eigenvalue weighted by atomic mass is 10.2. The normalized spacial score (nSPS) is 10.3. The molecule has 0 atom stereocenters. The molecule has 20 heavy (non-hydrogen) atoms. The summed E-state index contributed by atoms with van der Waals surface area (Å²) < 4.78 is 0. The van der Waals surface area contributed by atoms with Gasteiger partial charge in [-0.15, -0.1) is 0 Å². The van der Waals surface area contributed by atoms with Gasteiger partial charge in [-0.1, -0.05) is 41.7 Å². The maximum atomic E-state index is 11.0. The van der Waals surface area contributed by atoms with Gasteiger partial charge in [0.15, 0.2) is 5.06 Å². The Labute approximate surface area is 119 Å². The van der Waals surface area contributed by atoms with Gasteiger partial charge in [0.2, 0.25) is 0 Å². The number of nitrogens with zero attached hydrogens (tertiary/aromatic N) is 2. The Bertz CT molecular complexity index is 671. The van der Waals surface area contributed by atoms with Gasteiger partial charge in [0.05, 0.1) is 12.3 Å². The molecule has 6 heteroatoms. The first kappa shape index (κ1) is 13.8. The monoisotopic (exact) mass is 285 g/mol. The molecule has 1 aromatic carbocycles. The Hall–Kier alpha value is -2.65. The predicted molar refractivity (Wildman–Crippen MR) is 77.4 cm³/mol. The van der Waals surface area contributed by atoms with Gasteiger partial charge in [0.25, 0.3) is 5.91 Å². The van der Waals surface area contributed by atoms with Crippen molar-refractivity contribution in [3.8, 4) is 21.6 Å². The lowest BCUT2D eigenvalue weighted by molar-refractivity contribution is -0.120. The number of amides is 1. The summed E-state index contributed by atoms with van der Waals surface area (Å²) in [6.07, 6.45) is 1.11. The van der Waals surface area contributed by atoms with Crippen LogP contribution in [0, 0.1) is 11.3 Å². The molecule has 0 unspecified atom stereocenters. The SMILES string of the molecule is N#CCC(=O)NN=Cc1cc(-c2ccccc2)sc1O. The molecule has 0 aliphatic rings. The van der Waals surface area contributed by atoms with Crippen LogP contribution in [0.4, 0.5) is 0 Å². The average Bonchev–Trinajstić information content (AvgIpc) is 2.82. The minimum absolute atomic E-state index is 0.127. The van der Waals surface area contributed by atoms with Crippen LogP contribution in [0.2, 0.25) is 0 Å². The van der Waals surface area contributed by atoms with Crippen molar-refractivity contribution in [1.82, 2.24) is 5.43 Å². The first-order valence-corrected chi connectivity index (χ1v) is 6.59. The number of hydrazone groups is 1. The van der Waals surface area contributed by atoms with Gasteiger partial charge >= 0.3 is 0 Å². The van der Waals surface area contributed by atoms with Gasteiger partial charge in [0, 0.05) is 10.4 Å². The summed E-state index contributed by atoms with van der Waals surface area (Å²) >= 11 is 1.24. The highest BCUT2D eigenvalue weighted by atomic mass is 32.1. The molecular weight excluding hydrogens is 274 g/mol. The third-order valence-corrected chi connectivity index (χ3v) is 3.43. The number of benzene rings is 1. The minimum atomic E-state index is -0.484. The molecule has 0 fully saturated rings. The van der Waals surface area contributed by atoms with Crippen LogP contribution in [0.1, 0.15) is 12.0 Å². The summed E-state index contributed by atoms with van der Waals surface area (Å²) in [6, 6.07) is 13.2. The zero-order chi connectivity index (χ0) is 14.4. The molecule has 1 heterocycles. The molecule has 2 N–H and O–H groups in total. The van der Waals surface area contributed by atoms with Crippen molar-refractivity contribution in [2.24, 2.45) is 5.10 Å². The molecule has 100 valence electrons. The van der Waals surface area contributed by atoms with Crippen molar-refractivity contribution >= 4 is 23.5 Å². The minimum Gasteiger partial charge on any atom is -0.499 e. The van der Waals surface area contributed by atoms with E-state index in [0.717, 1.165) is 10.4 Å². The van der Waals surface area contributed by atoms with E-state index in [2.05, 4.69) is 10.5 Å². The van der Waals surface area contributed by atoms with Crippen LogP contribution in [0.15, 0.2) is 41.5 Å². The highest BCUT2D eigenvalue weighted by molar-refractivity contribution is 7.17. The lowest BCUT2D eigenvalue weighted by Crippen LogP contribution is -2.16. The van der Waals surface area contributed by atoms with Crippen LogP contribution in [0.25, 0.3) is 10.4 Å². The summed E-state index contributed by atoms with van der Waals surface area (Å²) in [5.74, 6) is -0.484. The molecule has 0 saturated heterocycles. The van der Waals surface area contributed by atoms with E-state index >= 15 is 0 Å². The average molecular weight is 285 g/mol. The van der Waals surface area contributed by atoms with Gasteiger partial charge < -0.3 is 5.11 Å². The second-order valence-electron chi connectivity index (χ2n) is 3.87. The number of rotatable bonds is 4. The van der Waals surface area contributed by atoms with Crippen LogP contribution < -0.4 is 5.43 Å². The van der Waals surface area contributed by atoms with Crippen LogP contribution >= 0.6 is 11.3 Å². The van der Waals surface area contributed by atoms with E-state index < -0.39 is 5.91 Å². The summed E-state index contributed by atoms with van der Waals surface area (Å²) in [4.78, 5) is 11.9. The number of thiophene rings is 1. The van der Waals surface area contributed by atoms with Crippen molar-refractivity contribution in [2.45, 2.75) is 6.42 Å². The van der Waals surface area contributed by atoms with Gasteiger partial charge in [-0.2, -0.15) is 10.4 Å². The van der Waals surface area contributed by atoms with E-state index in [9.17, 15) is 9.90 Å². The molecule has 2 rings (SSSR count). The van der Waals surface area contributed by atoms with E-state index in [1.165, 1.54) is 17.6 Å². The predicted octanol–water partition coefficient (Wildman–Crippen LogP) is 2.48. The molecule has 1 amide bonds. The van der Waals surface area contributed by atoms with E-state index in [-0.39, 0.29) is 11.5 Å². The number of nitriles is 1. The molecule has 0 radical (unpaired) electrons. The quantitative estimate of drug-likeness (QED) is 0.668. The molecular formula is C14H11N3O2S. The maximum absolute atomic E-state index is 11.0. The molecule has 0 aliphatic heterocycles. The van der Waals surface area contributed by atoms with Gasteiger partial charge in [-0.25, -0.2) is 5.43 Å². The Morgan fingerprint density at radius 2 is 2.20 bits per heavy atom. The second-order valence-corrected chi connectivity index (χ2v) is 4.90. The van der Waals surface area contributed by atoms with E-state index in [1.54, 1.807) is 12.1 Å². The summed E-state index contributed by atoms with van der Waals surface area (Å²) in [6.45, 7) is 0. The Kier molecular flexibility index (Phi) is 4.47. The highest BCUT2D eigenvalue weighted by Crippen LogP contribution is 2.35. The Morgan fingerprint density at radius 1 is 1.45 bits per heavy atom. The first-order valence-electron chi connectivity index (χ1n) is 5.78. The zero-order valence-electron chi connectivity index (χ0n) is 10.4. The summed E-state index contributed by atoms with van der Waals surface area (Å²) in [7, 11) is 0. The number of nitrogens with one attached hydrogen (secondary N) is 1. The van der Waals surface area contributed by atoms with Crippen molar-refractivity contribution in [1.29, 1.82) is 5.26 Å². The number of carbonyl (C=O) groups is 1. The van der Waals surface area contributed by atoms with E-state index in [4.69, 9.17) is 5.26 Å². The van der Waals surface area contributed by atoms with Gasteiger partial charge in [-0.3, -0.25) is 4.79 Å². The second kappa shape index (κ2) is 6.50. The van der Waals surface area contributed by atoms with E-state index in [1.807, 2.05) is 30.3 Å². The molecule has 1 aromatic heterocycles. The van der Waals surface area contributed by atoms with Crippen molar-refractivity contribution < 1.29 is 9.90 Å². The smallest absolute Gasteiger partial charge is 0.254 e.